The summed E-state index contributed by atoms with van der Waals surface area (Å²) in [5.41, 5.74) is 0. The number of rotatable bonds is 3. The van der Waals surface area contributed by atoms with Gasteiger partial charge < -0.3 is 0 Å². The van der Waals surface area contributed by atoms with E-state index in [1.807, 2.05) is 11.9 Å². The van der Waals surface area contributed by atoms with Crippen LogP contribution in [0.15, 0.2) is 0 Å². The van der Waals surface area contributed by atoms with Crippen molar-refractivity contribution in [3.05, 3.63) is 0 Å². The van der Waals surface area contributed by atoms with Crippen molar-refractivity contribution in [2.24, 2.45) is 0 Å². The first-order chi connectivity index (χ1) is 4.04. The van der Waals surface area contributed by atoms with Gasteiger partial charge in [-0.1, -0.05) is 0 Å². The summed E-state index contributed by atoms with van der Waals surface area (Å²) in [5, 5.41) is 0. The number of carbonyl (C=O) groups excluding carboxylic acids is 1. The van der Waals surface area contributed by atoms with Gasteiger partial charge in [0.2, 0.25) is 0 Å². The van der Waals surface area contributed by atoms with E-state index in [9.17, 15) is 4.79 Å². The van der Waals surface area contributed by atoms with Crippen LogP contribution in [0.3, 0.4) is 0 Å². The number of carbonyl (C=O) groups is 1. The summed E-state index contributed by atoms with van der Waals surface area (Å²) in [6, 6.07) is 0.467. The third kappa shape index (κ3) is 6.05. The van der Waals surface area contributed by atoms with Crippen molar-refractivity contribution in [2.45, 2.75) is 26.8 Å². The number of nitrogens with zero attached hydrogens (tertiary/aromatic N) is 1. The van der Waals surface area contributed by atoms with Gasteiger partial charge in [0, 0.05) is 6.04 Å². The van der Waals surface area contributed by atoms with E-state index in [0.717, 1.165) is 0 Å². The highest BCUT2D eigenvalue weighted by atomic mass is 35.5. The van der Waals surface area contributed by atoms with E-state index in [4.69, 9.17) is 0 Å². The molecule has 0 aromatic carbocycles. The van der Waals surface area contributed by atoms with E-state index in [2.05, 4.69) is 13.8 Å². The number of Topliss-reactive ketones (excluding diaryl/α,β-unsaturated/α-hetero) is 1. The molecular formula is C7H16ClNO. The van der Waals surface area contributed by atoms with Crippen LogP contribution in [0, 0.1) is 0 Å². The Hall–Kier alpha value is -0.0800. The molecule has 0 atom stereocenters. The van der Waals surface area contributed by atoms with Gasteiger partial charge in [0.15, 0.2) is 0 Å². The van der Waals surface area contributed by atoms with Crippen molar-refractivity contribution >= 4 is 18.2 Å². The van der Waals surface area contributed by atoms with Crippen LogP contribution in [-0.4, -0.2) is 30.3 Å². The zero-order valence-corrected chi connectivity index (χ0v) is 7.86. The summed E-state index contributed by atoms with van der Waals surface area (Å²) in [6.07, 6.45) is 0. The molecule has 0 unspecified atom stereocenters. The van der Waals surface area contributed by atoms with E-state index in [1.54, 1.807) is 6.92 Å². The molecule has 0 radical (unpaired) electrons. The van der Waals surface area contributed by atoms with Crippen LogP contribution in [0.4, 0.5) is 0 Å². The maximum absolute atomic E-state index is 10.5. The second kappa shape index (κ2) is 5.69. The average molecular weight is 166 g/mol. The van der Waals surface area contributed by atoms with Crippen molar-refractivity contribution in [3.8, 4) is 0 Å². The Balaban J connectivity index is 0. The Kier molecular flexibility index (Phi) is 7.15. The lowest BCUT2D eigenvalue weighted by molar-refractivity contribution is -0.118. The molecule has 0 aliphatic carbocycles. The molecule has 3 heteroatoms. The fraction of sp³-hybridized carbons (Fsp3) is 0.857. The second-order valence-corrected chi connectivity index (χ2v) is 2.71. The second-order valence-electron chi connectivity index (χ2n) is 2.71. The molecule has 0 rings (SSSR count). The van der Waals surface area contributed by atoms with Crippen LogP contribution in [-0.2, 0) is 4.79 Å². The van der Waals surface area contributed by atoms with E-state index < -0.39 is 0 Å². The molecule has 0 N–H and O–H groups in total. The van der Waals surface area contributed by atoms with Crippen LogP contribution >= 0.6 is 12.4 Å². The monoisotopic (exact) mass is 165 g/mol. The normalized spacial score (nSPS) is 9.80. The summed E-state index contributed by atoms with van der Waals surface area (Å²) in [6.45, 7) is 6.32. The molecule has 10 heavy (non-hydrogen) atoms. The van der Waals surface area contributed by atoms with Crippen LogP contribution in [0.25, 0.3) is 0 Å². The van der Waals surface area contributed by atoms with Gasteiger partial charge in [-0.25, -0.2) is 0 Å². The lowest BCUT2D eigenvalue weighted by Crippen LogP contribution is -2.30. The number of hydrogen-bond acceptors (Lipinski definition) is 2. The third-order valence-corrected chi connectivity index (χ3v) is 1.35. The zero-order chi connectivity index (χ0) is 7.44. The van der Waals surface area contributed by atoms with Crippen LogP contribution in [0.5, 0.6) is 0 Å². The molecule has 62 valence electrons. The Morgan fingerprint density at radius 1 is 1.50 bits per heavy atom. The van der Waals surface area contributed by atoms with Crippen molar-refractivity contribution < 1.29 is 4.79 Å². The first-order valence-electron chi connectivity index (χ1n) is 3.23. The zero-order valence-electron chi connectivity index (χ0n) is 7.05. The smallest absolute Gasteiger partial charge is 0.143 e. The Morgan fingerprint density at radius 3 is 2.00 bits per heavy atom. The third-order valence-electron chi connectivity index (χ3n) is 1.35. The molecule has 0 aliphatic heterocycles. The predicted octanol–water partition coefficient (Wildman–Crippen LogP) is 1.34. The van der Waals surface area contributed by atoms with Crippen molar-refractivity contribution in [1.82, 2.24) is 4.90 Å². The van der Waals surface area contributed by atoms with Gasteiger partial charge in [-0.2, -0.15) is 0 Å². The molecule has 0 bridgehead atoms. The number of likely N-dealkylation sites (N-methyl/N-ethyl adjacent to an activating group) is 1. The number of hydrogen-bond donors (Lipinski definition) is 0. The Bertz CT molecular complexity index is 104. The van der Waals surface area contributed by atoms with Crippen molar-refractivity contribution in [3.63, 3.8) is 0 Å². The van der Waals surface area contributed by atoms with E-state index in [0.29, 0.717) is 12.6 Å². The standard InChI is InChI=1S/C7H15NO.ClH/c1-6(2)8(4)5-7(3)9;/h6H,5H2,1-4H3;1H. The fourth-order valence-corrected chi connectivity index (χ4v) is 0.534. The van der Waals surface area contributed by atoms with Gasteiger partial charge in [0.05, 0.1) is 6.54 Å². The highest BCUT2D eigenvalue weighted by Gasteiger charge is 2.03. The molecular weight excluding hydrogens is 150 g/mol. The Morgan fingerprint density at radius 2 is 1.90 bits per heavy atom. The van der Waals surface area contributed by atoms with Gasteiger partial charge in [-0.15, -0.1) is 12.4 Å². The number of ketones is 1. The maximum atomic E-state index is 10.5. The lowest BCUT2D eigenvalue weighted by Gasteiger charge is -2.18. The first kappa shape index (κ1) is 12.6. The van der Waals surface area contributed by atoms with Gasteiger partial charge >= 0.3 is 0 Å². The molecule has 0 amide bonds. The highest BCUT2D eigenvalue weighted by Crippen LogP contribution is 1.91. The molecule has 2 nitrogen and oxygen atoms in total. The first-order valence-corrected chi connectivity index (χ1v) is 3.23. The summed E-state index contributed by atoms with van der Waals surface area (Å²) in [4.78, 5) is 12.5. The van der Waals surface area contributed by atoms with E-state index in [1.165, 1.54) is 0 Å². The molecule has 0 heterocycles. The maximum Gasteiger partial charge on any atom is 0.143 e. The molecule has 0 aromatic heterocycles. The van der Waals surface area contributed by atoms with Crippen molar-refractivity contribution in [2.75, 3.05) is 13.6 Å². The summed E-state index contributed by atoms with van der Waals surface area (Å²) < 4.78 is 0. The fourth-order valence-electron chi connectivity index (χ4n) is 0.534. The molecule has 0 aromatic rings. The molecule has 0 fully saturated rings. The lowest BCUT2D eigenvalue weighted by atomic mass is 10.3. The molecule has 0 saturated heterocycles. The van der Waals surface area contributed by atoms with Crippen molar-refractivity contribution in [1.29, 1.82) is 0 Å². The van der Waals surface area contributed by atoms with Crippen LogP contribution in [0.2, 0.25) is 0 Å². The van der Waals surface area contributed by atoms with E-state index >= 15 is 0 Å². The van der Waals surface area contributed by atoms with Gasteiger partial charge in [-0.05, 0) is 27.8 Å². The van der Waals surface area contributed by atoms with Crippen LogP contribution in [0.1, 0.15) is 20.8 Å². The summed E-state index contributed by atoms with van der Waals surface area (Å²) in [5.74, 6) is 0.228. The largest absolute Gasteiger partial charge is 0.299 e. The molecule has 0 spiro atoms. The minimum absolute atomic E-state index is 0. The topological polar surface area (TPSA) is 20.3 Å². The molecule has 0 aliphatic rings. The predicted molar refractivity (Wildman–Crippen MR) is 45.7 cm³/mol. The Labute approximate surface area is 69.0 Å². The SMILES string of the molecule is CC(=O)CN(C)C(C)C.Cl. The number of halogens is 1. The summed E-state index contributed by atoms with van der Waals surface area (Å²) >= 11 is 0. The van der Waals surface area contributed by atoms with Gasteiger partial charge in [-0.3, -0.25) is 9.69 Å². The van der Waals surface area contributed by atoms with Gasteiger partial charge in [0.25, 0.3) is 0 Å². The molecule has 0 saturated carbocycles. The van der Waals surface area contributed by atoms with E-state index in [-0.39, 0.29) is 18.2 Å². The van der Waals surface area contributed by atoms with Crippen LogP contribution < -0.4 is 0 Å². The quantitative estimate of drug-likeness (QED) is 0.629. The summed E-state index contributed by atoms with van der Waals surface area (Å²) in [7, 11) is 1.95. The van der Waals surface area contributed by atoms with Gasteiger partial charge in [0.1, 0.15) is 5.78 Å². The minimum Gasteiger partial charge on any atom is -0.299 e. The minimum atomic E-state index is 0. The highest BCUT2D eigenvalue weighted by molar-refractivity contribution is 5.85. The average Bonchev–Trinajstić information content (AvgIpc) is 1.63.